The number of halogens is 1. The first-order chi connectivity index (χ1) is 6.43. The first kappa shape index (κ1) is 17.6. The summed E-state index contributed by atoms with van der Waals surface area (Å²) in [5, 5.41) is 0. The molecule has 15 heavy (non-hydrogen) atoms. The number of hydrogen-bond donors (Lipinski definition) is 0. The predicted octanol–water partition coefficient (Wildman–Crippen LogP) is -0.407. The summed E-state index contributed by atoms with van der Waals surface area (Å²) in [5.41, 5.74) is 1.17. The monoisotopic (exact) mass is 278 g/mol. The van der Waals surface area contributed by atoms with Gasteiger partial charge < -0.3 is 21.7 Å². The molecule has 1 aromatic carbocycles. The largest absolute Gasteiger partial charge is 2.00 e. The molecule has 1 nitrogen and oxygen atoms in total. The summed E-state index contributed by atoms with van der Waals surface area (Å²) in [6.07, 6.45) is 5.23. The van der Waals surface area contributed by atoms with Gasteiger partial charge in [-0.15, -0.1) is 5.56 Å². The molecule has 0 bridgehead atoms. The molecule has 78 valence electrons. The summed E-state index contributed by atoms with van der Waals surface area (Å²) < 4.78 is 5.41. The number of allylic oxidation sites excluding steroid dienone is 1. The Kier molecular flexibility index (Phi) is 14.3. The van der Waals surface area contributed by atoms with Gasteiger partial charge in [-0.1, -0.05) is 19.1 Å². The fraction of sp³-hybridized carbons (Fsp3) is 0.333. The minimum atomic E-state index is 0. The zero-order chi connectivity index (χ0) is 9.36. The second kappa shape index (κ2) is 12.2. The SMILES string of the molecule is CC/C=C\COCc1c[c-]ccc1.[Br-].[Mg+2]. The Balaban J connectivity index is 0. The molecule has 0 spiro atoms. The zero-order valence-corrected chi connectivity index (χ0v) is 12.1. The molecule has 3 heteroatoms. The van der Waals surface area contributed by atoms with Crippen molar-refractivity contribution in [2.24, 2.45) is 0 Å². The van der Waals surface area contributed by atoms with E-state index in [0.717, 1.165) is 6.42 Å². The molecule has 0 N–H and O–H groups in total. The Morgan fingerprint density at radius 1 is 1.40 bits per heavy atom. The molecule has 0 aliphatic rings. The van der Waals surface area contributed by atoms with E-state index in [0.29, 0.717) is 13.2 Å². The Labute approximate surface area is 119 Å². The van der Waals surface area contributed by atoms with Crippen LogP contribution in [0.4, 0.5) is 0 Å². The number of ether oxygens (including phenoxy) is 1. The maximum absolute atomic E-state index is 5.41. The van der Waals surface area contributed by atoms with Crippen LogP contribution >= 0.6 is 0 Å². The molecule has 0 saturated heterocycles. The van der Waals surface area contributed by atoms with Gasteiger partial charge in [0.25, 0.3) is 0 Å². The van der Waals surface area contributed by atoms with E-state index < -0.39 is 0 Å². The number of hydrogen-bond acceptors (Lipinski definition) is 1. The molecule has 0 atom stereocenters. The summed E-state index contributed by atoms with van der Waals surface area (Å²) in [7, 11) is 0. The van der Waals surface area contributed by atoms with Gasteiger partial charge in [0.1, 0.15) is 0 Å². The van der Waals surface area contributed by atoms with Gasteiger partial charge >= 0.3 is 23.1 Å². The molecule has 0 saturated carbocycles. The van der Waals surface area contributed by atoms with Crippen LogP contribution in [-0.4, -0.2) is 29.7 Å². The van der Waals surface area contributed by atoms with E-state index in [-0.39, 0.29) is 40.0 Å². The smallest absolute Gasteiger partial charge is 1.00 e. The van der Waals surface area contributed by atoms with Gasteiger partial charge in [-0.25, -0.2) is 0 Å². The van der Waals surface area contributed by atoms with E-state index in [2.05, 4.69) is 19.1 Å². The van der Waals surface area contributed by atoms with Gasteiger partial charge in [-0.3, -0.25) is 0 Å². The average Bonchev–Trinajstić information content (AvgIpc) is 2.19. The van der Waals surface area contributed by atoms with Crippen LogP contribution in [-0.2, 0) is 11.3 Å². The maximum atomic E-state index is 5.41. The topological polar surface area (TPSA) is 9.23 Å². The Morgan fingerprint density at radius 3 is 2.80 bits per heavy atom. The quantitative estimate of drug-likeness (QED) is 0.308. The van der Waals surface area contributed by atoms with Gasteiger partial charge in [0.15, 0.2) is 0 Å². The maximum Gasteiger partial charge on any atom is 2.00 e. The summed E-state index contributed by atoms with van der Waals surface area (Å²) in [5.74, 6) is 0. The summed E-state index contributed by atoms with van der Waals surface area (Å²) in [6, 6.07) is 10.9. The first-order valence-electron chi connectivity index (χ1n) is 4.61. The van der Waals surface area contributed by atoms with E-state index in [1.54, 1.807) is 0 Å². The van der Waals surface area contributed by atoms with Crippen LogP contribution in [0.15, 0.2) is 36.4 Å². The molecule has 0 aromatic heterocycles. The molecule has 0 aliphatic heterocycles. The normalized spacial score (nSPS) is 9.40. The summed E-state index contributed by atoms with van der Waals surface area (Å²) in [4.78, 5) is 0. The minimum absolute atomic E-state index is 0. The Hall–Kier alpha value is 0.166. The molecule has 0 fully saturated rings. The predicted molar refractivity (Wildman–Crippen MR) is 60.1 cm³/mol. The van der Waals surface area contributed by atoms with E-state index in [1.807, 2.05) is 30.3 Å². The van der Waals surface area contributed by atoms with Crippen molar-refractivity contribution < 1.29 is 21.7 Å². The molecular weight excluding hydrogens is 264 g/mol. The summed E-state index contributed by atoms with van der Waals surface area (Å²) in [6.45, 7) is 3.48. The average molecular weight is 279 g/mol. The number of benzene rings is 1. The molecule has 1 rings (SSSR count). The Morgan fingerprint density at radius 2 is 2.20 bits per heavy atom. The van der Waals surface area contributed by atoms with Crippen molar-refractivity contribution in [3.63, 3.8) is 0 Å². The minimum Gasteiger partial charge on any atom is -1.00 e. The molecular formula is C12H15BrMgO. The van der Waals surface area contributed by atoms with E-state index in [1.165, 1.54) is 5.56 Å². The third-order valence-corrected chi connectivity index (χ3v) is 1.66. The molecule has 0 radical (unpaired) electrons. The van der Waals surface area contributed by atoms with Crippen molar-refractivity contribution in [2.45, 2.75) is 20.0 Å². The summed E-state index contributed by atoms with van der Waals surface area (Å²) >= 11 is 0. The van der Waals surface area contributed by atoms with E-state index >= 15 is 0 Å². The van der Waals surface area contributed by atoms with Crippen LogP contribution in [0.1, 0.15) is 18.9 Å². The second-order valence-corrected chi connectivity index (χ2v) is 2.81. The van der Waals surface area contributed by atoms with Crippen LogP contribution in [0, 0.1) is 6.07 Å². The van der Waals surface area contributed by atoms with Gasteiger partial charge in [-0.05, 0) is 6.42 Å². The molecule has 0 aliphatic carbocycles. The number of rotatable bonds is 5. The third kappa shape index (κ3) is 9.12. The van der Waals surface area contributed by atoms with Crippen LogP contribution in [0.2, 0.25) is 0 Å². The van der Waals surface area contributed by atoms with Gasteiger partial charge in [0.2, 0.25) is 0 Å². The van der Waals surface area contributed by atoms with Gasteiger partial charge in [0, 0.05) is 6.61 Å². The van der Waals surface area contributed by atoms with Crippen molar-refractivity contribution in [3.05, 3.63) is 48.0 Å². The Bertz CT molecular complexity index is 249. The fourth-order valence-corrected chi connectivity index (χ4v) is 1.000. The third-order valence-electron chi connectivity index (χ3n) is 1.66. The van der Waals surface area contributed by atoms with Crippen molar-refractivity contribution in [1.82, 2.24) is 0 Å². The molecule has 0 unspecified atom stereocenters. The molecule has 1 aromatic rings. The van der Waals surface area contributed by atoms with Crippen molar-refractivity contribution in [1.29, 1.82) is 0 Å². The zero-order valence-electron chi connectivity index (χ0n) is 9.08. The van der Waals surface area contributed by atoms with Crippen LogP contribution in [0.3, 0.4) is 0 Å². The van der Waals surface area contributed by atoms with Crippen molar-refractivity contribution in [3.8, 4) is 0 Å². The van der Waals surface area contributed by atoms with Crippen molar-refractivity contribution in [2.75, 3.05) is 6.61 Å². The first-order valence-corrected chi connectivity index (χ1v) is 4.61. The second-order valence-electron chi connectivity index (χ2n) is 2.81. The van der Waals surface area contributed by atoms with Gasteiger partial charge in [-0.2, -0.15) is 30.3 Å². The molecule has 0 heterocycles. The van der Waals surface area contributed by atoms with Crippen LogP contribution in [0.25, 0.3) is 0 Å². The van der Waals surface area contributed by atoms with Crippen LogP contribution in [0.5, 0.6) is 0 Å². The fourth-order valence-electron chi connectivity index (χ4n) is 1.000. The van der Waals surface area contributed by atoms with E-state index in [4.69, 9.17) is 4.74 Å². The van der Waals surface area contributed by atoms with Crippen molar-refractivity contribution >= 4 is 23.1 Å². The van der Waals surface area contributed by atoms with Gasteiger partial charge in [0.05, 0.1) is 6.61 Å². The standard InChI is InChI=1S/C12H15O.BrH.Mg/c1-2-3-7-10-13-11-12-8-5-4-6-9-12;;/h3-5,7-9H,2,10-11H2,1H3;1H;/q-1;;+2/p-1/b7-3-;;. The van der Waals surface area contributed by atoms with Crippen LogP contribution < -0.4 is 17.0 Å². The van der Waals surface area contributed by atoms with E-state index in [9.17, 15) is 0 Å². The molecule has 0 amide bonds.